The van der Waals surface area contributed by atoms with Gasteiger partial charge >= 0.3 is 0 Å². The van der Waals surface area contributed by atoms with Crippen molar-refractivity contribution in [2.75, 3.05) is 38.3 Å². The lowest BCUT2D eigenvalue weighted by Crippen LogP contribution is -2.31. The van der Waals surface area contributed by atoms with Crippen molar-refractivity contribution in [1.82, 2.24) is 15.1 Å². The Bertz CT molecular complexity index is 925. The van der Waals surface area contributed by atoms with Gasteiger partial charge in [-0.05, 0) is 75.3 Å². The molecule has 0 spiro atoms. The Labute approximate surface area is 175 Å². The lowest BCUT2D eigenvalue weighted by Gasteiger charge is -2.21. The van der Waals surface area contributed by atoms with Gasteiger partial charge < -0.3 is 19.0 Å². The zero-order valence-corrected chi connectivity index (χ0v) is 17.9. The van der Waals surface area contributed by atoms with Crippen LogP contribution in [0.2, 0.25) is 0 Å². The first-order valence-corrected chi connectivity index (χ1v) is 11.0. The molecule has 3 aromatic rings. The van der Waals surface area contributed by atoms with E-state index in [1.165, 1.54) is 17.0 Å². The van der Waals surface area contributed by atoms with Crippen molar-refractivity contribution in [3.8, 4) is 17.2 Å². The Hall–Kier alpha value is -2.51. The molecule has 1 aromatic heterocycles. The zero-order chi connectivity index (χ0) is 20.2. The summed E-state index contributed by atoms with van der Waals surface area (Å²) in [6.07, 6.45) is 3.25. The molecular weight excluding hydrogens is 384 g/mol. The van der Waals surface area contributed by atoms with Gasteiger partial charge in [0, 0.05) is 35.3 Å². The van der Waals surface area contributed by atoms with Crippen LogP contribution in [-0.4, -0.2) is 54.6 Å². The second kappa shape index (κ2) is 8.88. The van der Waals surface area contributed by atoms with Crippen molar-refractivity contribution in [3.63, 3.8) is 0 Å². The molecule has 0 bridgehead atoms. The van der Waals surface area contributed by atoms with E-state index < -0.39 is 0 Å². The van der Waals surface area contributed by atoms with E-state index in [0.717, 1.165) is 24.4 Å². The second-order valence-electron chi connectivity index (χ2n) is 7.36. The summed E-state index contributed by atoms with van der Waals surface area (Å²) in [5.41, 5.74) is 2.15. The van der Waals surface area contributed by atoms with Crippen LogP contribution in [0.1, 0.15) is 12.3 Å². The SMILES string of the molecule is CSc1ccc(OCc2nnc(-c3ccc(N4CCC(N(C)C)C4)cc3)o2)cc1. The number of hydrogen-bond acceptors (Lipinski definition) is 7. The number of thioether (sulfide) groups is 1. The topological polar surface area (TPSA) is 54.6 Å². The van der Waals surface area contributed by atoms with Crippen LogP contribution in [-0.2, 0) is 6.61 Å². The molecule has 29 heavy (non-hydrogen) atoms. The van der Waals surface area contributed by atoms with Gasteiger partial charge in [-0.3, -0.25) is 0 Å². The number of ether oxygens (including phenoxy) is 1. The van der Waals surface area contributed by atoms with E-state index in [4.69, 9.17) is 9.15 Å². The summed E-state index contributed by atoms with van der Waals surface area (Å²) in [5.74, 6) is 1.76. The van der Waals surface area contributed by atoms with E-state index in [1.807, 2.05) is 42.7 Å². The predicted octanol–water partition coefficient (Wildman–Crippen LogP) is 4.18. The average Bonchev–Trinajstić information content (AvgIpc) is 3.43. The van der Waals surface area contributed by atoms with E-state index in [-0.39, 0.29) is 6.61 Å². The molecule has 1 unspecified atom stereocenters. The van der Waals surface area contributed by atoms with Gasteiger partial charge in [0.15, 0.2) is 6.61 Å². The Morgan fingerprint density at radius 1 is 1.10 bits per heavy atom. The van der Waals surface area contributed by atoms with E-state index in [9.17, 15) is 0 Å². The van der Waals surface area contributed by atoms with Gasteiger partial charge in [-0.1, -0.05) is 0 Å². The van der Waals surface area contributed by atoms with Gasteiger partial charge in [0.25, 0.3) is 5.89 Å². The number of anilines is 1. The van der Waals surface area contributed by atoms with Crippen molar-refractivity contribution in [2.45, 2.75) is 24.0 Å². The van der Waals surface area contributed by atoms with Gasteiger partial charge in [-0.25, -0.2) is 0 Å². The van der Waals surface area contributed by atoms with Gasteiger partial charge in [0.2, 0.25) is 5.89 Å². The van der Waals surface area contributed by atoms with Crippen molar-refractivity contribution >= 4 is 17.4 Å². The van der Waals surface area contributed by atoms with Crippen molar-refractivity contribution in [1.29, 1.82) is 0 Å². The van der Waals surface area contributed by atoms with Crippen LogP contribution in [0.15, 0.2) is 57.8 Å². The summed E-state index contributed by atoms with van der Waals surface area (Å²) in [6.45, 7) is 2.40. The van der Waals surface area contributed by atoms with Crippen LogP contribution < -0.4 is 9.64 Å². The highest BCUT2D eigenvalue weighted by atomic mass is 32.2. The third-order valence-corrected chi connectivity index (χ3v) is 6.01. The number of aromatic nitrogens is 2. The molecule has 1 saturated heterocycles. The minimum atomic E-state index is 0.253. The molecule has 7 heteroatoms. The molecule has 2 heterocycles. The lowest BCUT2D eigenvalue weighted by molar-refractivity contribution is 0.264. The first-order valence-electron chi connectivity index (χ1n) is 9.73. The molecule has 2 aromatic carbocycles. The van der Waals surface area contributed by atoms with Crippen LogP contribution in [0.4, 0.5) is 5.69 Å². The van der Waals surface area contributed by atoms with E-state index in [2.05, 4.69) is 46.2 Å². The number of hydrogen-bond donors (Lipinski definition) is 0. The number of benzene rings is 2. The first kappa shape index (κ1) is 19.8. The molecule has 0 N–H and O–H groups in total. The van der Waals surface area contributed by atoms with Crippen LogP contribution >= 0.6 is 11.8 Å². The molecule has 4 rings (SSSR count). The average molecular weight is 411 g/mol. The fourth-order valence-electron chi connectivity index (χ4n) is 3.46. The molecule has 0 aliphatic carbocycles. The van der Waals surface area contributed by atoms with Crippen molar-refractivity contribution < 1.29 is 9.15 Å². The third-order valence-electron chi connectivity index (χ3n) is 5.26. The van der Waals surface area contributed by atoms with Crippen LogP contribution in [0, 0.1) is 0 Å². The third kappa shape index (κ3) is 4.74. The Kier molecular flexibility index (Phi) is 6.06. The van der Waals surface area contributed by atoms with Gasteiger partial charge in [0.1, 0.15) is 5.75 Å². The smallest absolute Gasteiger partial charge is 0.254 e. The van der Waals surface area contributed by atoms with Gasteiger partial charge in [-0.15, -0.1) is 22.0 Å². The molecule has 0 amide bonds. The highest BCUT2D eigenvalue weighted by Crippen LogP contribution is 2.26. The zero-order valence-electron chi connectivity index (χ0n) is 17.0. The van der Waals surface area contributed by atoms with Crippen molar-refractivity contribution in [2.24, 2.45) is 0 Å². The molecule has 1 aliphatic heterocycles. The Balaban J connectivity index is 1.36. The normalized spacial score (nSPS) is 16.6. The molecule has 152 valence electrons. The lowest BCUT2D eigenvalue weighted by atomic mass is 10.2. The molecule has 0 radical (unpaired) electrons. The minimum absolute atomic E-state index is 0.253. The summed E-state index contributed by atoms with van der Waals surface area (Å²) in [6, 6.07) is 16.9. The summed E-state index contributed by atoms with van der Waals surface area (Å²) in [5, 5.41) is 8.28. The maximum absolute atomic E-state index is 5.78. The van der Waals surface area contributed by atoms with Gasteiger partial charge in [0.05, 0.1) is 0 Å². The maximum Gasteiger partial charge on any atom is 0.254 e. The molecule has 1 aliphatic rings. The number of likely N-dealkylation sites (N-methyl/N-ethyl adjacent to an activating group) is 1. The fourth-order valence-corrected chi connectivity index (χ4v) is 3.87. The summed E-state index contributed by atoms with van der Waals surface area (Å²) < 4.78 is 11.5. The van der Waals surface area contributed by atoms with E-state index >= 15 is 0 Å². The largest absolute Gasteiger partial charge is 0.484 e. The monoisotopic (exact) mass is 410 g/mol. The summed E-state index contributed by atoms with van der Waals surface area (Å²) >= 11 is 1.70. The molecule has 6 nitrogen and oxygen atoms in total. The second-order valence-corrected chi connectivity index (χ2v) is 8.24. The Morgan fingerprint density at radius 2 is 1.86 bits per heavy atom. The first-order chi connectivity index (χ1) is 14.1. The van der Waals surface area contributed by atoms with Crippen molar-refractivity contribution in [3.05, 3.63) is 54.4 Å². The Morgan fingerprint density at radius 3 is 2.52 bits per heavy atom. The summed E-state index contributed by atoms with van der Waals surface area (Å²) in [4.78, 5) is 5.92. The van der Waals surface area contributed by atoms with Gasteiger partial charge in [-0.2, -0.15) is 0 Å². The summed E-state index contributed by atoms with van der Waals surface area (Å²) in [7, 11) is 4.29. The fraction of sp³-hybridized carbons (Fsp3) is 0.364. The van der Waals surface area contributed by atoms with E-state index in [1.54, 1.807) is 11.8 Å². The molecule has 1 fully saturated rings. The quantitative estimate of drug-likeness (QED) is 0.542. The number of rotatable bonds is 7. The van der Waals surface area contributed by atoms with E-state index in [0.29, 0.717) is 17.8 Å². The molecule has 1 atom stereocenters. The number of nitrogens with zero attached hydrogens (tertiary/aromatic N) is 4. The highest BCUT2D eigenvalue weighted by Gasteiger charge is 2.24. The minimum Gasteiger partial charge on any atom is -0.484 e. The maximum atomic E-state index is 5.78. The van der Waals surface area contributed by atoms with Crippen LogP contribution in [0.3, 0.4) is 0 Å². The highest BCUT2D eigenvalue weighted by molar-refractivity contribution is 7.98. The molecular formula is C22H26N4O2S. The van der Waals surface area contributed by atoms with Crippen LogP contribution in [0.5, 0.6) is 5.75 Å². The molecule has 0 saturated carbocycles. The standard InChI is InChI=1S/C22H26N4O2S/c1-25(2)18-12-13-26(14-18)17-6-4-16(5-7-17)22-24-23-21(28-22)15-27-19-8-10-20(29-3)11-9-19/h4-11,18H,12-15H2,1-3H3. The predicted molar refractivity (Wildman–Crippen MR) is 117 cm³/mol. The van der Waals surface area contributed by atoms with Crippen LogP contribution in [0.25, 0.3) is 11.5 Å².